The second kappa shape index (κ2) is 13.5. The van der Waals surface area contributed by atoms with Crippen molar-refractivity contribution in [3.05, 3.63) is 123 Å². The molecule has 2 aliphatic carbocycles. The van der Waals surface area contributed by atoms with Gasteiger partial charge >= 0.3 is 7.12 Å². The molecule has 0 bridgehead atoms. The first kappa shape index (κ1) is 36.1. The molecule has 0 unspecified atom stereocenters. The molecule has 0 radical (unpaired) electrons. The van der Waals surface area contributed by atoms with E-state index in [9.17, 15) is 29.5 Å². The highest BCUT2D eigenvalue weighted by Gasteiger charge is 2.70. The third-order valence-electron chi connectivity index (χ3n) is 11.3. The SMILES string of the molecule is COc1ccc([C@@]23C(=O)N(Nc4ccc(Cl)cc4Cl)C(=O)[C@@H]2C[C@@H]2C(=CC[C@@H]4C(=O)N(c5cccc(B(O)O)c5)C(=O)[C@@H]42)[C@@H]3c2cc(Cl)ccc2O)cc1. The zero-order valence-electron chi connectivity index (χ0n) is 28.4. The van der Waals surface area contributed by atoms with E-state index in [1.54, 1.807) is 48.5 Å². The fourth-order valence-corrected chi connectivity index (χ4v) is 9.65. The molecule has 6 atom stereocenters. The van der Waals surface area contributed by atoms with Gasteiger partial charge in [-0.3, -0.25) is 29.5 Å². The van der Waals surface area contributed by atoms with E-state index in [1.165, 1.54) is 43.5 Å². The molecular formula is C39H31BCl3N3O8. The molecule has 15 heteroatoms. The van der Waals surface area contributed by atoms with E-state index in [0.29, 0.717) is 21.9 Å². The van der Waals surface area contributed by atoms with Crippen molar-refractivity contribution in [1.29, 1.82) is 0 Å². The molecule has 0 aromatic heterocycles. The summed E-state index contributed by atoms with van der Waals surface area (Å²) in [4.78, 5) is 59.9. The highest BCUT2D eigenvalue weighted by molar-refractivity contribution is 6.58. The van der Waals surface area contributed by atoms with Crippen molar-refractivity contribution in [1.82, 2.24) is 5.01 Å². The molecule has 274 valence electrons. The summed E-state index contributed by atoms with van der Waals surface area (Å²) in [6.45, 7) is 0. The fraction of sp³-hybridized carbons (Fsp3) is 0.231. The number of hydrogen-bond donors (Lipinski definition) is 4. The molecule has 4 aliphatic rings. The summed E-state index contributed by atoms with van der Waals surface area (Å²) in [7, 11) is -0.316. The number of carbonyl (C=O) groups is 4. The number of phenolic OH excluding ortho intramolecular Hbond substituents is 1. The summed E-state index contributed by atoms with van der Waals surface area (Å²) in [6.07, 6.45) is 1.98. The maximum Gasteiger partial charge on any atom is 0.488 e. The quantitative estimate of drug-likeness (QED) is 0.112. The van der Waals surface area contributed by atoms with Gasteiger partial charge in [-0.15, -0.1) is 0 Å². The predicted molar refractivity (Wildman–Crippen MR) is 203 cm³/mol. The zero-order chi connectivity index (χ0) is 38.2. The van der Waals surface area contributed by atoms with Gasteiger partial charge < -0.3 is 19.9 Å². The topological polar surface area (TPSA) is 157 Å². The largest absolute Gasteiger partial charge is 0.508 e. The van der Waals surface area contributed by atoms with Crippen molar-refractivity contribution in [2.24, 2.45) is 23.7 Å². The minimum Gasteiger partial charge on any atom is -0.508 e. The molecule has 2 heterocycles. The van der Waals surface area contributed by atoms with Crippen LogP contribution in [0, 0.1) is 23.7 Å². The fourth-order valence-electron chi connectivity index (χ4n) is 9.02. The number of allylic oxidation sites excluding steroid dienone is 2. The van der Waals surface area contributed by atoms with Gasteiger partial charge in [-0.2, -0.15) is 5.01 Å². The Balaban J connectivity index is 1.33. The number of fused-ring (bicyclic) bond motifs is 4. The highest BCUT2D eigenvalue weighted by Crippen LogP contribution is 2.65. The van der Waals surface area contributed by atoms with Crippen LogP contribution in [0.2, 0.25) is 15.1 Å². The molecule has 8 rings (SSSR count). The van der Waals surface area contributed by atoms with Crippen LogP contribution in [0.25, 0.3) is 0 Å². The number of imide groups is 2. The van der Waals surface area contributed by atoms with E-state index in [2.05, 4.69) is 5.43 Å². The Morgan fingerprint density at radius 3 is 2.28 bits per heavy atom. The third kappa shape index (κ3) is 5.42. The molecule has 0 spiro atoms. The van der Waals surface area contributed by atoms with E-state index in [1.807, 2.05) is 6.08 Å². The molecular weight excluding hydrogens is 756 g/mol. The zero-order valence-corrected chi connectivity index (χ0v) is 30.7. The van der Waals surface area contributed by atoms with Gasteiger partial charge in [-0.1, -0.05) is 70.7 Å². The Kier molecular flexibility index (Phi) is 9.02. The molecule has 1 saturated carbocycles. The van der Waals surface area contributed by atoms with E-state index in [4.69, 9.17) is 39.5 Å². The molecule has 4 aromatic rings. The Labute approximate surface area is 324 Å². The van der Waals surface area contributed by atoms with Gasteiger partial charge in [0.1, 0.15) is 11.5 Å². The minimum atomic E-state index is -1.82. The van der Waals surface area contributed by atoms with Crippen LogP contribution >= 0.6 is 34.8 Å². The number of benzene rings is 4. The number of carbonyl (C=O) groups excluding carboxylic acids is 4. The van der Waals surface area contributed by atoms with Gasteiger partial charge in [-0.05, 0) is 90.4 Å². The van der Waals surface area contributed by atoms with Crippen LogP contribution < -0.4 is 20.5 Å². The van der Waals surface area contributed by atoms with Crippen LogP contribution in [0.4, 0.5) is 11.4 Å². The Bertz CT molecular complexity index is 2290. The van der Waals surface area contributed by atoms with Crippen molar-refractivity contribution in [2.45, 2.75) is 24.2 Å². The molecule has 2 aliphatic heterocycles. The first-order chi connectivity index (χ1) is 25.9. The van der Waals surface area contributed by atoms with Crippen LogP contribution in [0.3, 0.4) is 0 Å². The van der Waals surface area contributed by atoms with E-state index in [-0.39, 0.29) is 51.0 Å². The number of hydrazine groups is 1. The summed E-state index contributed by atoms with van der Waals surface area (Å²) < 4.78 is 5.43. The lowest BCUT2D eigenvalue weighted by atomic mass is 9.49. The normalized spacial score (nSPS) is 26.0. The number of amides is 4. The smallest absolute Gasteiger partial charge is 0.488 e. The van der Waals surface area contributed by atoms with Crippen LogP contribution in [-0.2, 0) is 24.6 Å². The van der Waals surface area contributed by atoms with Crippen molar-refractivity contribution >= 4 is 82.4 Å². The average Bonchev–Trinajstić information content (AvgIpc) is 3.54. The molecule has 3 fully saturated rings. The monoisotopic (exact) mass is 785 g/mol. The highest BCUT2D eigenvalue weighted by atomic mass is 35.5. The van der Waals surface area contributed by atoms with Crippen LogP contribution in [0.15, 0.2) is 96.6 Å². The van der Waals surface area contributed by atoms with Crippen molar-refractivity contribution < 1.29 is 39.1 Å². The Hall–Kier alpha value is -4.85. The van der Waals surface area contributed by atoms with Gasteiger partial charge in [-0.25, -0.2) is 0 Å². The van der Waals surface area contributed by atoms with Crippen molar-refractivity contribution in [3.63, 3.8) is 0 Å². The molecule has 4 aromatic carbocycles. The molecule has 11 nitrogen and oxygen atoms in total. The maximum absolute atomic E-state index is 15.4. The molecule has 4 N–H and O–H groups in total. The first-order valence-corrected chi connectivity index (χ1v) is 18.3. The van der Waals surface area contributed by atoms with Gasteiger partial charge in [0, 0.05) is 21.5 Å². The van der Waals surface area contributed by atoms with E-state index < -0.39 is 65.8 Å². The second-order valence-corrected chi connectivity index (χ2v) is 15.2. The first-order valence-electron chi connectivity index (χ1n) is 17.1. The number of anilines is 2. The number of nitrogens with zero attached hydrogens (tertiary/aromatic N) is 2. The van der Waals surface area contributed by atoms with Crippen LogP contribution in [0.5, 0.6) is 11.5 Å². The number of phenols is 1. The van der Waals surface area contributed by atoms with Gasteiger partial charge in [0.05, 0.1) is 46.7 Å². The van der Waals surface area contributed by atoms with Gasteiger partial charge in [0.25, 0.3) is 11.8 Å². The summed E-state index contributed by atoms with van der Waals surface area (Å²) in [5, 5.41) is 32.9. The number of hydrogen-bond acceptors (Lipinski definition) is 9. The van der Waals surface area contributed by atoms with Crippen LogP contribution in [-0.4, -0.2) is 58.0 Å². The number of aromatic hydroxyl groups is 1. The maximum atomic E-state index is 15.4. The van der Waals surface area contributed by atoms with Gasteiger partial charge in [0.15, 0.2) is 0 Å². The van der Waals surface area contributed by atoms with E-state index >= 15 is 4.79 Å². The number of nitrogens with one attached hydrogen (secondary N) is 1. The van der Waals surface area contributed by atoms with Gasteiger partial charge in [0.2, 0.25) is 11.8 Å². The van der Waals surface area contributed by atoms with E-state index in [0.717, 1.165) is 9.91 Å². The average molecular weight is 787 g/mol. The molecule has 54 heavy (non-hydrogen) atoms. The number of ether oxygens (including phenoxy) is 1. The van der Waals surface area contributed by atoms with Crippen molar-refractivity contribution in [3.8, 4) is 11.5 Å². The van der Waals surface area contributed by atoms with Crippen LogP contribution in [0.1, 0.15) is 29.9 Å². The second-order valence-electron chi connectivity index (χ2n) is 13.9. The summed E-state index contributed by atoms with van der Waals surface area (Å²) >= 11 is 19.2. The summed E-state index contributed by atoms with van der Waals surface area (Å²) in [6, 6.07) is 21.8. The third-order valence-corrected chi connectivity index (χ3v) is 12.1. The summed E-state index contributed by atoms with van der Waals surface area (Å²) in [5.74, 6) is -6.51. The minimum absolute atomic E-state index is 0.00376. The Morgan fingerprint density at radius 1 is 0.852 bits per heavy atom. The number of rotatable bonds is 7. The summed E-state index contributed by atoms with van der Waals surface area (Å²) in [5.41, 5.74) is 3.10. The van der Waals surface area contributed by atoms with Crippen molar-refractivity contribution in [2.75, 3.05) is 17.4 Å². The number of methoxy groups -OCH3 is 1. The molecule has 2 saturated heterocycles. The standard InChI is InChI=1S/C39H31BCl3N3O8/c1-54-24-9-5-19(6-10-24)39-29(36(49)46(38(39)51)44-31-13-7-22(42)17-30(31)43)18-27-25(34(39)28-16-21(41)8-14-32(28)47)11-12-26-33(27)37(50)45(35(26)48)23-4-2-3-20(15-23)40(52)53/h2-11,13-17,26-27,29,33-34,44,47,52-53H,12,18H2,1H3/t26-,27+,29-,33-,34+,39+/m0/s1. The molecule has 4 amide bonds. The Morgan fingerprint density at radius 2 is 1.57 bits per heavy atom. The lowest BCUT2D eigenvalue weighted by Crippen LogP contribution is -2.53. The predicted octanol–water partition coefficient (Wildman–Crippen LogP) is 5.23. The number of halogens is 3. The lowest BCUT2D eigenvalue weighted by Gasteiger charge is -2.50. The lowest BCUT2D eigenvalue weighted by molar-refractivity contribution is -0.138.